The van der Waals surface area contributed by atoms with E-state index in [9.17, 15) is 9.90 Å². The van der Waals surface area contributed by atoms with Crippen molar-refractivity contribution in [3.05, 3.63) is 41.8 Å². The van der Waals surface area contributed by atoms with Crippen LogP contribution in [-0.4, -0.2) is 47.3 Å². The molecule has 1 fully saturated rings. The third-order valence-electron chi connectivity index (χ3n) is 4.57. The molecule has 134 valence electrons. The number of piperidine rings is 1. The van der Waals surface area contributed by atoms with E-state index < -0.39 is 0 Å². The maximum absolute atomic E-state index is 12.2. The van der Waals surface area contributed by atoms with Crippen LogP contribution in [0.5, 0.6) is 0 Å². The lowest BCUT2D eigenvalue weighted by Gasteiger charge is -2.31. The number of aromatic nitrogens is 1. The number of amides is 2. The second-order valence-corrected chi connectivity index (χ2v) is 6.63. The molecule has 1 unspecified atom stereocenters. The molecule has 3 rings (SSSR count). The SMILES string of the molecule is Cc1ccc(-c2nc(CCNC(=O)N3CCCC(CO)C3)co2)cc1. The molecule has 1 aliphatic rings. The molecular weight excluding hydrogens is 318 g/mol. The largest absolute Gasteiger partial charge is 0.444 e. The molecule has 2 amide bonds. The number of hydrogen-bond acceptors (Lipinski definition) is 4. The Kier molecular flexibility index (Phi) is 5.71. The highest BCUT2D eigenvalue weighted by atomic mass is 16.3. The second kappa shape index (κ2) is 8.16. The van der Waals surface area contributed by atoms with Crippen LogP contribution >= 0.6 is 0 Å². The van der Waals surface area contributed by atoms with Gasteiger partial charge in [0.1, 0.15) is 6.26 Å². The van der Waals surface area contributed by atoms with Crippen molar-refractivity contribution in [2.24, 2.45) is 5.92 Å². The topological polar surface area (TPSA) is 78.6 Å². The lowest BCUT2D eigenvalue weighted by atomic mass is 9.99. The van der Waals surface area contributed by atoms with Crippen molar-refractivity contribution in [2.45, 2.75) is 26.2 Å². The highest BCUT2D eigenvalue weighted by molar-refractivity contribution is 5.74. The average molecular weight is 343 g/mol. The summed E-state index contributed by atoms with van der Waals surface area (Å²) >= 11 is 0. The first-order valence-corrected chi connectivity index (χ1v) is 8.81. The van der Waals surface area contributed by atoms with Gasteiger partial charge >= 0.3 is 6.03 Å². The summed E-state index contributed by atoms with van der Waals surface area (Å²) in [5.74, 6) is 0.801. The number of likely N-dealkylation sites (tertiary alicyclic amines) is 1. The summed E-state index contributed by atoms with van der Waals surface area (Å²) in [5.41, 5.74) is 2.96. The molecule has 25 heavy (non-hydrogen) atoms. The molecule has 0 radical (unpaired) electrons. The van der Waals surface area contributed by atoms with Gasteiger partial charge in [-0.15, -0.1) is 0 Å². The minimum atomic E-state index is -0.0691. The quantitative estimate of drug-likeness (QED) is 0.875. The zero-order valence-electron chi connectivity index (χ0n) is 14.6. The van der Waals surface area contributed by atoms with Crippen molar-refractivity contribution in [3.8, 4) is 11.5 Å². The molecule has 2 heterocycles. The van der Waals surface area contributed by atoms with E-state index in [1.807, 2.05) is 31.2 Å². The van der Waals surface area contributed by atoms with Gasteiger partial charge in [-0.2, -0.15) is 0 Å². The number of carbonyl (C=O) groups is 1. The van der Waals surface area contributed by atoms with E-state index in [1.165, 1.54) is 5.56 Å². The number of hydrogen-bond donors (Lipinski definition) is 2. The Morgan fingerprint density at radius 2 is 2.20 bits per heavy atom. The molecule has 0 saturated carbocycles. The zero-order valence-corrected chi connectivity index (χ0v) is 14.6. The Hall–Kier alpha value is -2.34. The first-order valence-electron chi connectivity index (χ1n) is 8.81. The summed E-state index contributed by atoms with van der Waals surface area (Å²) in [4.78, 5) is 18.5. The van der Waals surface area contributed by atoms with Gasteiger partial charge in [0, 0.05) is 38.2 Å². The molecule has 6 nitrogen and oxygen atoms in total. The number of aliphatic hydroxyl groups excluding tert-OH is 1. The monoisotopic (exact) mass is 343 g/mol. The van der Waals surface area contributed by atoms with Gasteiger partial charge in [0.05, 0.1) is 5.69 Å². The van der Waals surface area contributed by atoms with E-state index in [4.69, 9.17) is 4.42 Å². The van der Waals surface area contributed by atoms with E-state index in [-0.39, 0.29) is 18.6 Å². The maximum atomic E-state index is 12.2. The van der Waals surface area contributed by atoms with Crippen LogP contribution in [-0.2, 0) is 6.42 Å². The van der Waals surface area contributed by atoms with Crippen LogP contribution in [0.15, 0.2) is 34.9 Å². The van der Waals surface area contributed by atoms with Gasteiger partial charge in [-0.1, -0.05) is 17.7 Å². The van der Waals surface area contributed by atoms with Crippen LogP contribution in [0, 0.1) is 12.8 Å². The number of aryl methyl sites for hydroxylation is 1. The van der Waals surface area contributed by atoms with Crippen LogP contribution in [0.4, 0.5) is 4.79 Å². The fourth-order valence-electron chi connectivity index (χ4n) is 3.06. The minimum absolute atomic E-state index is 0.0691. The summed E-state index contributed by atoms with van der Waals surface area (Å²) < 4.78 is 5.53. The molecule has 1 aromatic carbocycles. The van der Waals surface area contributed by atoms with Crippen molar-refractivity contribution in [1.82, 2.24) is 15.2 Å². The van der Waals surface area contributed by atoms with Gasteiger partial charge in [0.25, 0.3) is 0 Å². The molecule has 1 aliphatic heterocycles. The number of oxazole rings is 1. The number of nitrogens with zero attached hydrogens (tertiary/aromatic N) is 2. The summed E-state index contributed by atoms with van der Waals surface area (Å²) in [6, 6.07) is 7.96. The highest BCUT2D eigenvalue weighted by Crippen LogP contribution is 2.19. The Morgan fingerprint density at radius 1 is 1.40 bits per heavy atom. The lowest BCUT2D eigenvalue weighted by Crippen LogP contribution is -2.46. The number of carbonyl (C=O) groups excluding carboxylic acids is 1. The minimum Gasteiger partial charge on any atom is -0.444 e. The van der Waals surface area contributed by atoms with Gasteiger partial charge < -0.3 is 19.7 Å². The molecule has 2 aromatic rings. The maximum Gasteiger partial charge on any atom is 0.317 e. The fraction of sp³-hybridized carbons (Fsp3) is 0.474. The van der Waals surface area contributed by atoms with E-state index in [1.54, 1.807) is 11.2 Å². The predicted octanol–water partition coefficient (Wildman–Crippen LogP) is 2.61. The molecule has 2 N–H and O–H groups in total. The Balaban J connectivity index is 1.47. The number of aliphatic hydroxyl groups is 1. The molecule has 1 aromatic heterocycles. The Bertz CT molecular complexity index is 696. The molecule has 6 heteroatoms. The van der Waals surface area contributed by atoms with Crippen LogP contribution in [0.25, 0.3) is 11.5 Å². The highest BCUT2D eigenvalue weighted by Gasteiger charge is 2.22. The lowest BCUT2D eigenvalue weighted by molar-refractivity contribution is 0.129. The van der Waals surface area contributed by atoms with Crippen molar-refractivity contribution in [2.75, 3.05) is 26.2 Å². The first kappa shape index (κ1) is 17.5. The van der Waals surface area contributed by atoms with Gasteiger partial charge in [0.15, 0.2) is 0 Å². The first-order chi connectivity index (χ1) is 12.2. The number of urea groups is 1. The molecule has 1 saturated heterocycles. The van der Waals surface area contributed by atoms with Gasteiger partial charge in [-0.25, -0.2) is 9.78 Å². The third kappa shape index (κ3) is 4.60. The Labute approximate surface area is 147 Å². The van der Waals surface area contributed by atoms with Crippen molar-refractivity contribution >= 4 is 6.03 Å². The van der Waals surface area contributed by atoms with E-state index >= 15 is 0 Å². The van der Waals surface area contributed by atoms with Crippen LogP contribution in [0.2, 0.25) is 0 Å². The van der Waals surface area contributed by atoms with Crippen LogP contribution in [0.1, 0.15) is 24.1 Å². The van der Waals surface area contributed by atoms with Crippen LogP contribution in [0.3, 0.4) is 0 Å². The molecule has 0 spiro atoms. The van der Waals surface area contributed by atoms with Crippen molar-refractivity contribution in [3.63, 3.8) is 0 Å². The summed E-state index contributed by atoms with van der Waals surface area (Å²) in [6.45, 7) is 4.08. The van der Waals surface area contributed by atoms with Crippen LogP contribution < -0.4 is 5.32 Å². The van der Waals surface area contributed by atoms with Gasteiger partial charge in [-0.05, 0) is 37.8 Å². The van der Waals surface area contributed by atoms with E-state index in [2.05, 4.69) is 10.3 Å². The van der Waals surface area contributed by atoms with E-state index in [0.717, 1.165) is 30.6 Å². The standard InChI is InChI=1S/C19H25N3O3/c1-14-4-6-16(7-5-14)18-21-17(13-25-18)8-9-20-19(24)22-10-2-3-15(11-22)12-23/h4-7,13,15,23H,2-3,8-12H2,1H3,(H,20,24). The number of rotatable bonds is 5. The fourth-order valence-corrected chi connectivity index (χ4v) is 3.06. The Morgan fingerprint density at radius 3 is 2.96 bits per heavy atom. The normalized spacial score (nSPS) is 17.5. The van der Waals surface area contributed by atoms with Gasteiger partial charge in [0.2, 0.25) is 5.89 Å². The zero-order chi connectivity index (χ0) is 17.6. The molecule has 0 aliphatic carbocycles. The predicted molar refractivity (Wildman–Crippen MR) is 95.2 cm³/mol. The number of nitrogens with one attached hydrogen (secondary N) is 1. The number of benzene rings is 1. The van der Waals surface area contributed by atoms with Crippen molar-refractivity contribution < 1.29 is 14.3 Å². The van der Waals surface area contributed by atoms with Gasteiger partial charge in [-0.3, -0.25) is 0 Å². The molecule has 1 atom stereocenters. The summed E-state index contributed by atoms with van der Waals surface area (Å²) in [7, 11) is 0. The van der Waals surface area contributed by atoms with Crippen molar-refractivity contribution in [1.29, 1.82) is 0 Å². The average Bonchev–Trinajstić information content (AvgIpc) is 3.11. The smallest absolute Gasteiger partial charge is 0.317 e. The molecule has 0 bridgehead atoms. The molecular formula is C19H25N3O3. The van der Waals surface area contributed by atoms with E-state index in [0.29, 0.717) is 25.4 Å². The summed E-state index contributed by atoms with van der Waals surface area (Å²) in [6.07, 6.45) is 4.20. The second-order valence-electron chi connectivity index (χ2n) is 6.63. The summed E-state index contributed by atoms with van der Waals surface area (Å²) in [5, 5.41) is 12.2. The third-order valence-corrected chi connectivity index (χ3v) is 4.57.